The molecule has 2 amide bonds. The first kappa shape index (κ1) is 17.6. The molecule has 0 unspecified atom stereocenters. The number of rotatable bonds is 2. The number of nitrogens with zero attached hydrogens (tertiary/aromatic N) is 3. The van der Waals surface area contributed by atoms with E-state index in [2.05, 4.69) is 34.3 Å². The Morgan fingerprint density at radius 2 is 2.07 bits per heavy atom. The minimum absolute atomic E-state index is 0.0104. The maximum absolute atomic E-state index is 12.8. The Morgan fingerprint density at radius 1 is 1.19 bits per heavy atom. The Morgan fingerprint density at radius 3 is 2.96 bits per heavy atom. The van der Waals surface area contributed by atoms with Crippen molar-refractivity contribution in [3.8, 4) is 5.75 Å². The van der Waals surface area contributed by atoms with Crippen LogP contribution < -0.4 is 15.0 Å². The van der Waals surface area contributed by atoms with Crippen LogP contribution in [0, 0.1) is 6.92 Å². The highest BCUT2D eigenvalue weighted by atomic mass is 16.5. The summed E-state index contributed by atoms with van der Waals surface area (Å²) in [5.74, 6) is 0.932. The van der Waals surface area contributed by atoms with Crippen LogP contribution in [0.5, 0.6) is 5.75 Å². The zero-order valence-corrected chi connectivity index (χ0v) is 15.7. The molecule has 2 aromatic rings. The van der Waals surface area contributed by atoms with Gasteiger partial charge in [0.25, 0.3) is 0 Å². The van der Waals surface area contributed by atoms with E-state index in [1.54, 1.807) is 0 Å². The third-order valence-electron chi connectivity index (χ3n) is 5.32. The zero-order chi connectivity index (χ0) is 18.6. The number of pyridine rings is 1. The topological polar surface area (TPSA) is 57.7 Å². The number of hydrogen-bond acceptors (Lipinski definition) is 4. The monoisotopic (exact) mass is 366 g/mol. The van der Waals surface area contributed by atoms with Crippen molar-refractivity contribution in [2.45, 2.75) is 25.8 Å². The van der Waals surface area contributed by atoms with Gasteiger partial charge in [-0.15, -0.1) is 0 Å². The van der Waals surface area contributed by atoms with Gasteiger partial charge in [0.05, 0.1) is 6.04 Å². The summed E-state index contributed by atoms with van der Waals surface area (Å²) in [6, 6.07) is 10.1. The molecule has 4 rings (SSSR count). The van der Waals surface area contributed by atoms with E-state index in [9.17, 15) is 4.79 Å². The van der Waals surface area contributed by atoms with Crippen LogP contribution in [-0.2, 0) is 6.42 Å². The molecule has 0 spiro atoms. The summed E-state index contributed by atoms with van der Waals surface area (Å²) in [5, 5.41) is 3.16. The van der Waals surface area contributed by atoms with Gasteiger partial charge in [0.1, 0.15) is 12.4 Å². The number of amides is 2. The van der Waals surface area contributed by atoms with Gasteiger partial charge in [-0.25, -0.2) is 4.79 Å². The Bertz CT molecular complexity index is 810. The fourth-order valence-corrected chi connectivity index (χ4v) is 3.87. The summed E-state index contributed by atoms with van der Waals surface area (Å²) in [7, 11) is 0. The third kappa shape index (κ3) is 3.99. The summed E-state index contributed by atoms with van der Waals surface area (Å²) in [6.45, 7) is 5.89. The van der Waals surface area contributed by atoms with E-state index < -0.39 is 0 Å². The largest absolute Gasteiger partial charge is 0.491 e. The van der Waals surface area contributed by atoms with Crippen molar-refractivity contribution in [2.75, 3.05) is 37.7 Å². The number of urea groups is 1. The molecule has 3 heterocycles. The van der Waals surface area contributed by atoms with Gasteiger partial charge in [-0.05, 0) is 43.0 Å². The van der Waals surface area contributed by atoms with Crippen molar-refractivity contribution in [3.05, 3.63) is 53.9 Å². The highest BCUT2D eigenvalue weighted by molar-refractivity contribution is 5.75. The van der Waals surface area contributed by atoms with Gasteiger partial charge in [0.15, 0.2) is 0 Å². The highest BCUT2D eigenvalue weighted by Crippen LogP contribution is 2.24. The predicted molar refractivity (Wildman–Crippen MR) is 105 cm³/mol. The second kappa shape index (κ2) is 7.86. The van der Waals surface area contributed by atoms with E-state index in [1.165, 1.54) is 11.3 Å². The first-order valence-electron chi connectivity index (χ1n) is 9.62. The molecule has 27 heavy (non-hydrogen) atoms. The maximum Gasteiger partial charge on any atom is 0.317 e. The molecule has 1 aromatic heterocycles. The average molecular weight is 366 g/mol. The van der Waals surface area contributed by atoms with Crippen molar-refractivity contribution in [2.24, 2.45) is 0 Å². The van der Waals surface area contributed by atoms with Crippen LogP contribution in [0.3, 0.4) is 0 Å². The minimum atomic E-state index is 0.0104. The van der Waals surface area contributed by atoms with Crippen molar-refractivity contribution in [3.63, 3.8) is 0 Å². The van der Waals surface area contributed by atoms with Crippen LogP contribution in [0.4, 0.5) is 10.5 Å². The van der Waals surface area contributed by atoms with E-state index in [0.29, 0.717) is 6.61 Å². The minimum Gasteiger partial charge on any atom is -0.491 e. The number of benzene rings is 1. The second-order valence-electron chi connectivity index (χ2n) is 7.26. The number of para-hydroxylation sites is 1. The number of anilines is 1. The first-order chi connectivity index (χ1) is 13.2. The number of aryl methyl sites for hydroxylation is 1. The molecule has 1 aromatic carbocycles. The molecule has 6 heteroatoms. The van der Waals surface area contributed by atoms with E-state index in [-0.39, 0.29) is 12.1 Å². The van der Waals surface area contributed by atoms with E-state index in [0.717, 1.165) is 50.3 Å². The summed E-state index contributed by atoms with van der Waals surface area (Å²) < 4.78 is 5.79. The smallest absolute Gasteiger partial charge is 0.317 e. The van der Waals surface area contributed by atoms with E-state index >= 15 is 0 Å². The molecule has 0 bridgehead atoms. The maximum atomic E-state index is 12.8. The fourth-order valence-electron chi connectivity index (χ4n) is 3.87. The number of ether oxygens (including phenoxy) is 1. The SMILES string of the molecule is Cc1cnccc1N1CCCN(C(=O)N[C@H]2COc3ccccc3C2)CC1. The number of hydrogen-bond donors (Lipinski definition) is 1. The van der Waals surface area contributed by atoms with Crippen LogP contribution in [-0.4, -0.2) is 54.7 Å². The molecular formula is C21H26N4O2. The molecule has 2 aliphatic rings. The Balaban J connectivity index is 1.34. The van der Waals surface area contributed by atoms with Crippen molar-refractivity contribution < 1.29 is 9.53 Å². The standard InChI is InChI=1S/C21H26N4O2/c1-16-14-22-8-7-19(16)24-9-4-10-25(12-11-24)21(26)23-18-13-17-5-2-3-6-20(17)27-15-18/h2-3,5-8,14,18H,4,9-13,15H2,1H3,(H,23,26)/t18-/m1/s1. The number of fused-ring (bicyclic) bond motifs is 1. The molecule has 2 aliphatic heterocycles. The zero-order valence-electron chi connectivity index (χ0n) is 15.7. The number of carbonyl (C=O) groups excluding carboxylic acids is 1. The van der Waals surface area contributed by atoms with E-state index in [1.807, 2.05) is 35.5 Å². The van der Waals surface area contributed by atoms with Gasteiger partial charge < -0.3 is 19.9 Å². The van der Waals surface area contributed by atoms with Gasteiger partial charge in [0.2, 0.25) is 0 Å². The number of carbonyl (C=O) groups is 1. The Hall–Kier alpha value is -2.76. The van der Waals surface area contributed by atoms with E-state index in [4.69, 9.17) is 4.74 Å². The summed E-state index contributed by atoms with van der Waals surface area (Å²) in [6.07, 6.45) is 5.50. The average Bonchev–Trinajstić information content (AvgIpc) is 2.94. The predicted octanol–water partition coefficient (Wildman–Crippen LogP) is 2.62. The molecule has 1 N–H and O–H groups in total. The molecule has 1 atom stereocenters. The second-order valence-corrected chi connectivity index (χ2v) is 7.26. The van der Waals surface area contributed by atoms with Crippen molar-refractivity contribution in [1.29, 1.82) is 0 Å². The van der Waals surface area contributed by atoms with Gasteiger partial charge in [-0.2, -0.15) is 0 Å². The lowest BCUT2D eigenvalue weighted by Crippen LogP contribution is -2.49. The molecule has 0 saturated carbocycles. The van der Waals surface area contributed by atoms with Crippen LogP contribution >= 0.6 is 0 Å². The van der Waals surface area contributed by atoms with Gasteiger partial charge in [-0.1, -0.05) is 18.2 Å². The molecule has 0 radical (unpaired) electrons. The Kier molecular flexibility index (Phi) is 5.14. The molecule has 142 valence electrons. The lowest BCUT2D eigenvalue weighted by molar-refractivity contribution is 0.183. The fraction of sp³-hybridized carbons (Fsp3) is 0.429. The van der Waals surface area contributed by atoms with Crippen LogP contribution in [0.2, 0.25) is 0 Å². The van der Waals surface area contributed by atoms with Crippen molar-refractivity contribution >= 4 is 11.7 Å². The lowest BCUT2D eigenvalue weighted by Gasteiger charge is -2.29. The number of aromatic nitrogens is 1. The Labute approximate surface area is 160 Å². The van der Waals surface area contributed by atoms with Gasteiger partial charge in [-0.3, -0.25) is 4.98 Å². The molecule has 6 nitrogen and oxygen atoms in total. The summed E-state index contributed by atoms with van der Waals surface area (Å²) >= 11 is 0. The normalized spacial score (nSPS) is 19.7. The van der Waals surface area contributed by atoms with Crippen LogP contribution in [0.25, 0.3) is 0 Å². The quantitative estimate of drug-likeness (QED) is 0.888. The summed E-state index contributed by atoms with van der Waals surface area (Å²) in [4.78, 5) is 21.2. The highest BCUT2D eigenvalue weighted by Gasteiger charge is 2.25. The lowest BCUT2D eigenvalue weighted by atomic mass is 10.0. The molecule has 1 fully saturated rings. The molecular weight excluding hydrogens is 340 g/mol. The number of nitrogens with one attached hydrogen (secondary N) is 1. The van der Waals surface area contributed by atoms with Crippen LogP contribution in [0.15, 0.2) is 42.7 Å². The first-order valence-corrected chi connectivity index (χ1v) is 9.62. The van der Waals surface area contributed by atoms with Gasteiger partial charge >= 0.3 is 6.03 Å². The molecule has 0 aliphatic carbocycles. The summed E-state index contributed by atoms with van der Waals surface area (Å²) in [5.41, 5.74) is 3.54. The van der Waals surface area contributed by atoms with Gasteiger partial charge in [0, 0.05) is 44.3 Å². The third-order valence-corrected chi connectivity index (χ3v) is 5.32. The van der Waals surface area contributed by atoms with Crippen LogP contribution in [0.1, 0.15) is 17.5 Å². The van der Waals surface area contributed by atoms with Crippen molar-refractivity contribution in [1.82, 2.24) is 15.2 Å². The molecule has 1 saturated heterocycles.